The molecule has 4 aliphatic rings. The minimum Gasteiger partial charge on any atom is -0.506 e. The molecule has 4 aromatic rings. The van der Waals surface area contributed by atoms with E-state index < -0.39 is 123 Å². The van der Waals surface area contributed by atoms with Crippen LogP contribution in [0.15, 0.2) is 103 Å². The molecule has 4 aromatic carbocycles. The highest BCUT2D eigenvalue weighted by atomic mass is 32.2. The lowest BCUT2D eigenvalue weighted by atomic mass is 9.72. The first-order chi connectivity index (χ1) is 40.0. The van der Waals surface area contributed by atoms with E-state index in [2.05, 4.69) is 0 Å². The van der Waals surface area contributed by atoms with Gasteiger partial charge in [0.1, 0.15) is 22.2 Å². The van der Waals surface area contributed by atoms with Crippen molar-refractivity contribution in [3.63, 3.8) is 0 Å². The van der Waals surface area contributed by atoms with Gasteiger partial charge in [0.25, 0.3) is 62.4 Å². The molecule has 1 atom stereocenters. The van der Waals surface area contributed by atoms with E-state index in [1.54, 1.807) is 23.3 Å². The molecular formula is C53H60N3O25S5+. The first-order valence-electron chi connectivity index (χ1n) is 26.2. The first-order valence-corrected chi connectivity index (χ1v) is 33.6. The van der Waals surface area contributed by atoms with Gasteiger partial charge in [-0.3, -0.25) is 37.1 Å². The van der Waals surface area contributed by atoms with Crippen molar-refractivity contribution in [3.8, 4) is 0 Å². The van der Waals surface area contributed by atoms with Crippen LogP contribution in [0, 0.1) is 0 Å². The van der Waals surface area contributed by atoms with Crippen LogP contribution in [0.25, 0.3) is 21.5 Å². The number of carbonyl (C=O) groups is 4. The molecule has 1 fully saturated rings. The molecule has 86 heavy (non-hydrogen) atoms. The Labute approximate surface area is 494 Å². The number of ether oxygens (including phenoxy) is 4. The minimum atomic E-state index is -5.25. The van der Waals surface area contributed by atoms with E-state index in [-0.39, 0.29) is 145 Å². The number of benzene rings is 4. The zero-order valence-corrected chi connectivity index (χ0v) is 50.5. The molecule has 6 N–H and O–H groups in total. The molecule has 8 rings (SSSR count). The quantitative estimate of drug-likeness (QED) is 0.0161. The van der Waals surface area contributed by atoms with Gasteiger partial charge in [0.05, 0.1) is 71.7 Å². The molecule has 0 bridgehead atoms. The standard InChI is InChI=1S/C53H59N3O25S5/c1-52(2)43(54(15-5-7-47(59)81-56-45(57)12-13-46(56)58)39-10-8-33-35(48(39)52)25-31(83(65,66)67)27-41(33)85(71,72)73)29-37-50(60)38(51(37)61)30-44-53(3,14-6-24-82(62,63)64)49-36-26-32(84(68,69)70)28-42(86(74,75)76)34(36)9-11-40(49)55(44)16-17-78-20-21-80-23-22-79-19-18-77-4/h8-11,25-30H,5-7,12-24H2,1-4H3,(H5-,60,61,62,63,64,65,66,67,68,69,70,71,72,73,74,75,76)/p+1. The number of anilines is 1. The Morgan fingerprint density at radius 2 is 1.17 bits per heavy atom. The average molecular weight is 1300 g/mol. The van der Waals surface area contributed by atoms with Gasteiger partial charge in [-0.1, -0.05) is 19.9 Å². The van der Waals surface area contributed by atoms with Gasteiger partial charge in [-0.05, 0) is 85.0 Å². The second-order valence-corrected chi connectivity index (χ2v) is 28.2. The number of aliphatic hydroxyl groups excluding tert-OH is 1. The van der Waals surface area contributed by atoms with Crippen LogP contribution in [0.5, 0.6) is 0 Å². The zero-order chi connectivity index (χ0) is 63.3. The molecule has 33 heteroatoms. The van der Waals surface area contributed by atoms with E-state index in [1.165, 1.54) is 50.5 Å². The maximum absolute atomic E-state index is 14.9. The lowest BCUT2D eigenvalue weighted by Crippen LogP contribution is -2.35. The molecule has 3 aliphatic heterocycles. The van der Waals surface area contributed by atoms with E-state index in [0.29, 0.717) is 30.4 Å². The van der Waals surface area contributed by atoms with Crippen molar-refractivity contribution < 1.29 is 117 Å². The summed E-state index contributed by atoms with van der Waals surface area (Å²) in [5.41, 5.74) is -2.87. The van der Waals surface area contributed by atoms with Gasteiger partial charge in [0, 0.05) is 78.2 Å². The zero-order valence-electron chi connectivity index (χ0n) is 46.4. The third kappa shape index (κ3) is 13.5. The molecule has 28 nitrogen and oxygen atoms in total. The highest BCUT2D eigenvalue weighted by Crippen LogP contribution is 2.54. The number of rotatable bonds is 27. The number of amides is 2. The number of carbonyl (C=O) groups excluding carboxylic acids is 4. The van der Waals surface area contributed by atoms with Gasteiger partial charge in [-0.15, -0.1) is 5.06 Å². The Kier molecular flexibility index (Phi) is 18.8. The Morgan fingerprint density at radius 3 is 1.69 bits per heavy atom. The van der Waals surface area contributed by atoms with Crippen LogP contribution in [0.3, 0.4) is 0 Å². The number of hydroxylamine groups is 2. The number of ketones is 1. The molecule has 3 heterocycles. The normalized spacial score (nSPS) is 19.2. The van der Waals surface area contributed by atoms with E-state index in [4.69, 9.17) is 23.8 Å². The summed E-state index contributed by atoms with van der Waals surface area (Å²) in [5.74, 6) is -4.78. The molecule has 2 amide bonds. The van der Waals surface area contributed by atoms with Gasteiger partial charge in [0.2, 0.25) is 11.5 Å². The Bertz CT molecular complexity index is 4230. The molecule has 0 saturated carbocycles. The van der Waals surface area contributed by atoms with E-state index in [0.717, 1.165) is 12.1 Å². The predicted octanol–water partition coefficient (Wildman–Crippen LogP) is 4.09. The molecule has 466 valence electrons. The van der Waals surface area contributed by atoms with Gasteiger partial charge < -0.3 is 33.8 Å². The van der Waals surface area contributed by atoms with Crippen molar-refractivity contribution in [1.82, 2.24) is 5.06 Å². The van der Waals surface area contributed by atoms with Crippen LogP contribution < -0.4 is 4.90 Å². The average Bonchev–Trinajstić information content (AvgIpc) is 1.57. The SMILES string of the molecule is COCCOCCOCCOCC[N+]1=C(/C=C2\C(=O)C(/C=C3/N(CCCC(=O)ON4C(=O)CCC4=O)c4ccc5c(S(=O)(=O)O)cc(S(=O)(=O)O)cc5c4C3(C)C)=C2O)C(C)(CCCS(=O)(=O)O)c2c1ccc1c(S(=O)(=O)O)cc(S(=O)(=O)O)cc21. The summed E-state index contributed by atoms with van der Waals surface area (Å²) in [6.07, 6.45) is 1.05. The van der Waals surface area contributed by atoms with Crippen molar-refractivity contribution in [2.24, 2.45) is 0 Å². The molecule has 0 radical (unpaired) electrons. The summed E-state index contributed by atoms with van der Waals surface area (Å²) in [6, 6.07) is 8.33. The monoisotopic (exact) mass is 1300 g/mol. The van der Waals surface area contributed by atoms with Crippen molar-refractivity contribution in [2.75, 3.05) is 77.1 Å². The highest BCUT2D eigenvalue weighted by molar-refractivity contribution is 7.87. The fourth-order valence-corrected chi connectivity index (χ4v) is 14.3. The summed E-state index contributed by atoms with van der Waals surface area (Å²) in [5, 5.41) is 11.8. The summed E-state index contributed by atoms with van der Waals surface area (Å²) in [4.78, 5) is 55.2. The van der Waals surface area contributed by atoms with Crippen molar-refractivity contribution in [2.45, 2.75) is 89.7 Å². The number of methoxy groups -OCH3 is 1. The fraction of sp³-hybridized carbons (Fsp3) is 0.415. The van der Waals surface area contributed by atoms with E-state index in [9.17, 15) is 89.1 Å². The second-order valence-electron chi connectivity index (χ2n) is 21.0. The number of nitrogens with zero attached hydrogens (tertiary/aromatic N) is 3. The molecule has 0 aromatic heterocycles. The van der Waals surface area contributed by atoms with E-state index >= 15 is 0 Å². The number of imide groups is 1. The van der Waals surface area contributed by atoms with Crippen LogP contribution in [-0.4, -0.2) is 181 Å². The molecule has 0 spiro atoms. The first kappa shape index (κ1) is 65.5. The van der Waals surface area contributed by atoms with Crippen LogP contribution in [0.1, 0.15) is 70.4 Å². The van der Waals surface area contributed by atoms with Gasteiger partial charge in [0.15, 0.2) is 12.3 Å². The summed E-state index contributed by atoms with van der Waals surface area (Å²) in [6.45, 7) is 5.65. The molecular weight excluding hydrogens is 1240 g/mol. The highest BCUT2D eigenvalue weighted by Gasteiger charge is 2.51. The number of Topliss-reactive ketones (excluding diaryl/α,β-unsaturated/α-hetero) is 1. The largest absolute Gasteiger partial charge is 0.506 e. The lowest BCUT2D eigenvalue weighted by molar-refractivity contribution is -0.442. The maximum Gasteiger partial charge on any atom is 0.333 e. The fourth-order valence-electron chi connectivity index (χ4n) is 11.1. The van der Waals surface area contributed by atoms with Crippen LogP contribution in [0.4, 0.5) is 11.4 Å². The smallest absolute Gasteiger partial charge is 0.333 e. The van der Waals surface area contributed by atoms with Gasteiger partial charge in [-0.2, -0.15) is 46.7 Å². The van der Waals surface area contributed by atoms with Gasteiger partial charge in [-0.25, -0.2) is 4.79 Å². The van der Waals surface area contributed by atoms with Crippen molar-refractivity contribution in [1.29, 1.82) is 0 Å². The van der Waals surface area contributed by atoms with Crippen LogP contribution in [0.2, 0.25) is 0 Å². The number of aliphatic hydroxyl groups is 1. The number of hydrogen-bond acceptors (Lipinski definition) is 21. The molecule has 1 unspecified atom stereocenters. The molecule has 1 saturated heterocycles. The van der Waals surface area contributed by atoms with Crippen molar-refractivity contribution >= 4 is 113 Å². The Morgan fingerprint density at radius 1 is 0.651 bits per heavy atom. The van der Waals surface area contributed by atoms with E-state index in [1.807, 2.05) is 0 Å². The molecule has 1 aliphatic carbocycles. The van der Waals surface area contributed by atoms with Crippen LogP contribution >= 0.6 is 0 Å². The maximum atomic E-state index is 14.9. The minimum absolute atomic E-state index is 0.0369. The number of fused-ring (bicyclic) bond motifs is 6. The lowest BCUT2D eigenvalue weighted by Gasteiger charge is -2.29. The van der Waals surface area contributed by atoms with Crippen molar-refractivity contribution in [3.05, 3.63) is 94.4 Å². The Balaban J connectivity index is 1.27. The number of allylic oxidation sites excluding steroid dienone is 5. The summed E-state index contributed by atoms with van der Waals surface area (Å²) >= 11 is 0. The third-order valence-corrected chi connectivity index (χ3v) is 19.3. The summed E-state index contributed by atoms with van der Waals surface area (Å²) < 4.78 is 201. The Hall–Kier alpha value is -6.44. The van der Waals surface area contributed by atoms with Gasteiger partial charge >= 0.3 is 5.97 Å². The predicted molar refractivity (Wildman–Crippen MR) is 302 cm³/mol. The third-order valence-electron chi connectivity index (χ3n) is 15.0. The summed E-state index contributed by atoms with van der Waals surface area (Å²) in [7, 11) is -24.0. The second kappa shape index (κ2) is 24.6. The topological polar surface area (TPSA) is 416 Å². The number of hydrogen-bond donors (Lipinski definition) is 6. The van der Waals surface area contributed by atoms with Crippen LogP contribution in [-0.2, 0) is 104 Å².